The van der Waals surface area contributed by atoms with Gasteiger partial charge in [0, 0.05) is 12.6 Å². The second kappa shape index (κ2) is 6.90. The average Bonchev–Trinajstić information content (AvgIpc) is 2.73. The fourth-order valence-corrected chi connectivity index (χ4v) is 3.83. The normalized spacial score (nSPS) is 32.9. The second-order valence-electron chi connectivity index (χ2n) is 7.15. The van der Waals surface area contributed by atoms with Crippen LogP contribution in [0.1, 0.15) is 39.5 Å². The van der Waals surface area contributed by atoms with Crippen LogP contribution in [0, 0.1) is 17.8 Å². The van der Waals surface area contributed by atoms with Gasteiger partial charge in [-0.3, -0.25) is 9.69 Å². The van der Waals surface area contributed by atoms with Gasteiger partial charge in [-0.05, 0) is 63.6 Å². The molecule has 3 atom stereocenters. The number of carboxylic acids is 1. The Morgan fingerprint density at radius 2 is 1.90 bits per heavy atom. The summed E-state index contributed by atoms with van der Waals surface area (Å²) in [4.78, 5) is 15.5. The zero-order valence-corrected chi connectivity index (χ0v) is 13.2. The Kier molecular flexibility index (Phi) is 5.44. The summed E-state index contributed by atoms with van der Waals surface area (Å²) < 4.78 is 0. The van der Waals surface area contributed by atoms with Crippen molar-refractivity contribution in [2.24, 2.45) is 17.8 Å². The number of piperidine rings is 1. The Morgan fingerprint density at radius 1 is 1.25 bits per heavy atom. The smallest absolute Gasteiger partial charge is 0.317 e. The molecule has 1 heterocycles. The molecular formula is C16H30N2O2. The van der Waals surface area contributed by atoms with Gasteiger partial charge in [0.2, 0.25) is 0 Å². The molecule has 4 heteroatoms. The molecule has 1 aliphatic carbocycles. The summed E-state index contributed by atoms with van der Waals surface area (Å²) in [6, 6.07) is 0.454. The maximum absolute atomic E-state index is 10.8. The van der Waals surface area contributed by atoms with Crippen molar-refractivity contribution in [3.05, 3.63) is 0 Å². The van der Waals surface area contributed by atoms with Crippen molar-refractivity contribution < 1.29 is 9.90 Å². The van der Waals surface area contributed by atoms with Gasteiger partial charge >= 0.3 is 5.97 Å². The van der Waals surface area contributed by atoms with Crippen LogP contribution in [-0.4, -0.2) is 60.1 Å². The van der Waals surface area contributed by atoms with Gasteiger partial charge in [0.25, 0.3) is 0 Å². The maximum atomic E-state index is 10.8. The first-order valence-corrected chi connectivity index (χ1v) is 8.10. The van der Waals surface area contributed by atoms with Crippen LogP contribution >= 0.6 is 0 Å². The Hall–Kier alpha value is -0.610. The molecule has 4 nitrogen and oxygen atoms in total. The number of rotatable bonds is 5. The van der Waals surface area contributed by atoms with Gasteiger partial charge in [0.1, 0.15) is 0 Å². The van der Waals surface area contributed by atoms with Gasteiger partial charge in [0.05, 0.1) is 6.54 Å². The molecule has 0 amide bonds. The van der Waals surface area contributed by atoms with Crippen LogP contribution in [0.2, 0.25) is 0 Å². The fraction of sp³-hybridized carbons (Fsp3) is 0.938. The Bertz CT molecular complexity index is 326. The summed E-state index contributed by atoms with van der Waals surface area (Å²) in [5.41, 5.74) is 0. The van der Waals surface area contributed by atoms with Gasteiger partial charge < -0.3 is 10.0 Å². The molecule has 0 radical (unpaired) electrons. The van der Waals surface area contributed by atoms with Crippen molar-refractivity contribution in [3.63, 3.8) is 0 Å². The number of hydrogen-bond acceptors (Lipinski definition) is 3. The predicted molar refractivity (Wildman–Crippen MR) is 80.8 cm³/mol. The van der Waals surface area contributed by atoms with E-state index in [1.54, 1.807) is 0 Å². The zero-order chi connectivity index (χ0) is 14.7. The minimum absolute atomic E-state index is 0.172. The van der Waals surface area contributed by atoms with E-state index in [0.29, 0.717) is 6.04 Å². The molecule has 1 saturated heterocycles. The van der Waals surface area contributed by atoms with Gasteiger partial charge in [-0.2, -0.15) is 0 Å². The molecule has 2 rings (SSSR count). The number of aliphatic carboxylic acids is 1. The fourth-order valence-electron chi connectivity index (χ4n) is 3.83. The van der Waals surface area contributed by atoms with Crippen LogP contribution in [0.3, 0.4) is 0 Å². The summed E-state index contributed by atoms with van der Waals surface area (Å²) in [6.07, 6.45) is 4.99. The third kappa shape index (κ3) is 4.19. The minimum atomic E-state index is -0.714. The molecule has 2 aliphatic rings. The molecule has 20 heavy (non-hydrogen) atoms. The van der Waals surface area contributed by atoms with Gasteiger partial charge in [-0.25, -0.2) is 0 Å². The molecule has 0 spiro atoms. The van der Waals surface area contributed by atoms with Crippen molar-refractivity contribution in [3.8, 4) is 0 Å². The Balaban J connectivity index is 1.80. The molecule has 2 fully saturated rings. The van der Waals surface area contributed by atoms with E-state index < -0.39 is 5.97 Å². The highest BCUT2D eigenvalue weighted by molar-refractivity contribution is 5.69. The first kappa shape index (κ1) is 15.8. The average molecular weight is 282 g/mol. The van der Waals surface area contributed by atoms with E-state index in [2.05, 4.69) is 18.7 Å². The molecule has 116 valence electrons. The SMILES string of the molecule is CC1CCN(C[C@H]2CC(N(C)CC(=O)O)C[C@@H]2C)CC1. The van der Waals surface area contributed by atoms with E-state index in [1.165, 1.54) is 32.5 Å². The maximum Gasteiger partial charge on any atom is 0.317 e. The summed E-state index contributed by atoms with van der Waals surface area (Å²) >= 11 is 0. The lowest BCUT2D eigenvalue weighted by atomic mass is 9.94. The number of carboxylic acid groups (broad SMARTS) is 1. The van der Waals surface area contributed by atoms with Crippen molar-refractivity contribution in [1.29, 1.82) is 0 Å². The molecule has 0 aromatic carbocycles. The van der Waals surface area contributed by atoms with Gasteiger partial charge in [-0.1, -0.05) is 13.8 Å². The molecular weight excluding hydrogens is 252 g/mol. The zero-order valence-electron chi connectivity index (χ0n) is 13.2. The van der Waals surface area contributed by atoms with E-state index in [-0.39, 0.29) is 6.54 Å². The van der Waals surface area contributed by atoms with Crippen molar-refractivity contribution in [2.45, 2.75) is 45.6 Å². The highest BCUT2D eigenvalue weighted by atomic mass is 16.4. The molecule has 0 aromatic heterocycles. The predicted octanol–water partition coefficient (Wildman–Crippen LogP) is 2.15. The molecule has 1 aliphatic heterocycles. The summed E-state index contributed by atoms with van der Waals surface area (Å²) in [5.74, 6) is 1.63. The summed E-state index contributed by atoms with van der Waals surface area (Å²) in [7, 11) is 1.95. The second-order valence-corrected chi connectivity index (χ2v) is 7.15. The first-order valence-electron chi connectivity index (χ1n) is 8.10. The van der Waals surface area contributed by atoms with Gasteiger partial charge in [-0.15, -0.1) is 0 Å². The highest BCUT2D eigenvalue weighted by Crippen LogP contribution is 2.35. The first-order chi connectivity index (χ1) is 9.45. The quantitative estimate of drug-likeness (QED) is 0.839. The topological polar surface area (TPSA) is 43.8 Å². The Morgan fingerprint density at radius 3 is 2.50 bits per heavy atom. The number of carbonyl (C=O) groups is 1. The van der Waals surface area contributed by atoms with Gasteiger partial charge in [0.15, 0.2) is 0 Å². The minimum Gasteiger partial charge on any atom is -0.480 e. The van der Waals surface area contributed by atoms with Crippen molar-refractivity contribution in [1.82, 2.24) is 9.80 Å². The van der Waals surface area contributed by atoms with E-state index in [4.69, 9.17) is 5.11 Å². The standard InChI is InChI=1S/C16H30N2O2/c1-12-4-6-18(7-5-12)10-14-9-15(8-13(14)2)17(3)11-16(19)20/h12-15H,4-11H2,1-3H3,(H,19,20)/t13-,14+,15?/m0/s1. The Labute approximate surface area is 123 Å². The lowest BCUT2D eigenvalue weighted by Crippen LogP contribution is -2.38. The monoisotopic (exact) mass is 282 g/mol. The number of nitrogens with zero attached hydrogens (tertiary/aromatic N) is 2. The summed E-state index contributed by atoms with van der Waals surface area (Å²) in [5, 5.41) is 8.91. The van der Waals surface area contributed by atoms with Crippen LogP contribution in [0.5, 0.6) is 0 Å². The summed E-state index contributed by atoms with van der Waals surface area (Å²) in [6.45, 7) is 8.58. The highest BCUT2D eigenvalue weighted by Gasteiger charge is 2.35. The lowest BCUT2D eigenvalue weighted by molar-refractivity contribution is -0.138. The third-order valence-corrected chi connectivity index (χ3v) is 5.40. The number of likely N-dealkylation sites (tertiary alicyclic amines) is 1. The van der Waals surface area contributed by atoms with E-state index >= 15 is 0 Å². The largest absolute Gasteiger partial charge is 0.480 e. The van der Waals surface area contributed by atoms with E-state index in [1.807, 2.05) is 11.9 Å². The van der Waals surface area contributed by atoms with Crippen LogP contribution < -0.4 is 0 Å². The van der Waals surface area contributed by atoms with Crippen LogP contribution in [0.25, 0.3) is 0 Å². The lowest BCUT2D eigenvalue weighted by Gasteiger charge is -2.33. The molecule has 0 aromatic rings. The van der Waals surface area contributed by atoms with Crippen LogP contribution in [0.15, 0.2) is 0 Å². The van der Waals surface area contributed by atoms with Crippen molar-refractivity contribution >= 4 is 5.97 Å². The third-order valence-electron chi connectivity index (χ3n) is 5.40. The van der Waals surface area contributed by atoms with Crippen molar-refractivity contribution in [2.75, 3.05) is 33.2 Å². The van der Waals surface area contributed by atoms with E-state index in [9.17, 15) is 4.79 Å². The molecule has 1 saturated carbocycles. The van der Waals surface area contributed by atoms with Crippen LogP contribution in [-0.2, 0) is 4.79 Å². The van der Waals surface area contributed by atoms with E-state index in [0.717, 1.165) is 30.6 Å². The van der Waals surface area contributed by atoms with Crippen LogP contribution in [0.4, 0.5) is 0 Å². The molecule has 1 unspecified atom stereocenters. The number of likely N-dealkylation sites (N-methyl/N-ethyl adjacent to an activating group) is 1. The molecule has 1 N–H and O–H groups in total. The number of hydrogen-bond donors (Lipinski definition) is 1. The molecule has 0 bridgehead atoms.